The van der Waals surface area contributed by atoms with Crippen molar-refractivity contribution in [3.63, 3.8) is 0 Å². The molecular formula is C14H26N2O3. The minimum absolute atomic E-state index is 0.0237. The number of carbonyl (C=O) groups excluding carboxylic acids is 1. The second kappa shape index (κ2) is 5.90. The number of nitrogens with two attached hydrogens (primary N) is 1. The molecule has 5 nitrogen and oxygen atoms in total. The van der Waals surface area contributed by atoms with Gasteiger partial charge in [0.05, 0.1) is 17.4 Å². The monoisotopic (exact) mass is 270 g/mol. The van der Waals surface area contributed by atoms with Gasteiger partial charge in [0.15, 0.2) is 0 Å². The molecule has 0 heterocycles. The maximum absolute atomic E-state index is 12.5. The number of rotatable bonds is 5. The zero-order valence-corrected chi connectivity index (χ0v) is 12.2. The molecule has 1 aliphatic rings. The summed E-state index contributed by atoms with van der Waals surface area (Å²) in [5, 5.41) is 9.16. The quantitative estimate of drug-likeness (QED) is 0.795. The van der Waals surface area contributed by atoms with Crippen molar-refractivity contribution in [3.8, 4) is 0 Å². The summed E-state index contributed by atoms with van der Waals surface area (Å²) >= 11 is 0. The summed E-state index contributed by atoms with van der Waals surface area (Å²) in [4.78, 5) is 25.4. The van der Waals surface area contributed by atoms with Crippen LogP contribution in [0.3, 0.4) is 0 Å². The van der Waals surface area contributed by atoms with E-state index >= 15 is 0 Å². The van der Waals surface area contributed by atoms with Gasteiger partial charge in [0.1, 0.15) is 0 Å². The van der Waals surface area contributed by atoms with Crippen LogP contribution in [0.15, 0.2) is 0 Å². The van der Waals surface area contributed by atoms with Crippen LogP contribution < -0.4 is 5.73 Å². The van der Waals surface area contributed by atoms with Crippen LogP contribution in [0.4, 0.5) is 0 Å². The molecule has 0 aromatic rings. The molecule has 0 bridgehead atoms. The van der Waals surface area contributed by atoms with Crippen molar-refractivity contribution in [1.82, 2.24) is 4.90 Å². The standard InChI is InChI=1S/C14H26N2O3/c1-13(2,10-15)12(19)16(3)14(9-11(17)18)7-5-4-6-8-14/h4-10,15H2,1-3H3,(H,17,18). The average Bonchev–Trinajstić information content (AvgIpc) is 2.37. The Morgan fingerprint density at radius 3 is 2.21 bits per heavy atom. The Balaban J connectivity index is 2.97. The van der Waals surface area contributed by atoms with Crippen molar-refractivity contribution >= 4 is 11.9 Å². The number of hydrogen-bond acceptors (Lipinski definition) is 3. The number of nitrogens with zero attached hydrogens (tertiary/aromatic N) is 1. The summed E-state index contributed by atoms with van der Waals surface area (Å²) in [5.41, 5.74) is 4.48. The number of amides is 1. The van der Waals surface area contributed by atoms with E-state index < -0.39 is 16.9 Å². The van der Waals surface area contributed by atoms with Crippen molar-refractivity contribution in [2.24, 2.45) is 11.1 Å². The van der Waals surface area contributed by atoms with Crippen LogP contribution in [0.5, 0.6) is 0 Å². The smallest absolute Gasteiger partial charge is 0.305 e. The molecule has 1 fully saturated rings. The molecule has 110 valence electrons. The van der Waals surface area contributed by atoms with E-state index in [2.05, 4.69) is 0 Å². The second-order valence-corrected chi connectivity index (χ2v) is 6.31. The van der Waals surface area contributed by atoms with Gasteiger partial charge in [0.25, 0.3) is 0 Å². The topological polar surface area (TPSA) is 83.6 Å². The fourth-order valence-electron chi connectivity index (χ4n) is 2.88. The fraction of sp³-hybridized carbons (Fsp3) is 0.857. The molecule has 1 aliphatic carbocycles. The third kappa shape index (κ3) is 3.47. The van der Waals surface area contributed by atoms with E-state index in [0.29, 0.717) is 0 Å². The van der Waals surface area contributed by atoms with Crippen molar-refractivity contribution in [3.05, 3.63) is 0 Å². The van der Waals surface area contributed by atoms with E-state index in [0.717, 1.165) is 32.1 Å². The number of carboxylic acids is 1. The Kier molecular flexibility index (Phi) is 4.96. The Morgan fingerprint density at radius 2 is 1.79 bits per heavy atom. The first-order valence-electron chi connectivity index (χ1n) is 6.95. The summed E-state index contributed by atoms with van der Waals surface area (Å²) in [7, 11) is 1.73. The van der Waals surface area contributed by atoms with Gasteiger partial charge in [0.2, 0.25) is 5.91 Å². The first-order valence-corrected chi connectivity index (χ1v) is 6.95. The summed E-state index contributed by atoms with van der Waals surface area (Å²) in [6.45, 7) is 3.88. The molecular weight excluding hydrogens is 244 g/mol. The van der Waals surface area contributed by atoms with Crippen LogP contribution in [-0.4, -0.2) is 41.0 Å². The molecule has 0 spiro atoms. The zero-order valence-electron chi connectivity index (χ0n) is 12.2. The van der Waals surface area contributed by atoms with Gasteiger partial charge in [-0.15, -0.1) is 0 Å². The van der Waals surface area contributed by atoms with Crippen LogP contribution in [-0.2, 0) is 9.59 Å². The SMILES string of the molecule is CN(C(=O)C(C)(C)CN)C1(CC(=O)O)CCCCC1. The maximum atomic E-state index is 12.5. The molecule has 0 atom stereocenters. The van der Waals surface area contributed by atoms with Gasteiger partial charge >= 0.3 is 5.97 Å². The number of carbonyl (C=O) groups is 2. The summed E-state index contributed by atoms with van der Waals surface area (Å²) in [5.74, 6) is -0.898. The Bertz CT molecular complexity index is 347. The molecule has 0 aromatic carbocycles. The van der Waals surface area contributed by atoms with E-state index in [1.165, 1.54) is 0 Å². The predicted octanol–water partition coefficient (Wildman–Crippen LogP) is 1.61. The summed E-state index contributed by atoms with van der Waals surface area (Å²) in [6, 6.07) is 0. The minimum atomic E-state index is -0.841. The maximum Gasteiger partial charge on any atom is 0.305 e. The lowest BCUT2D eigenvalue weighted by Gasteiger charge is -2.46. The Labute approximate surface area is 115 Å². The highest BCUT2D eigenvalue weighted by Crippen LogP contribution is 2.37. The minimum Gasteiger partial charge on any atom is -0.481 e. The molecule has 0 aliphatic heterocycles. The summed E-state index contributed by atoms with van der Waals surface area (Å²) in [6.07, 6.45) is 4.63. The largest absolute Gasteiger partial charge is 0.481 e. The molecule has 0 aromatic heterocycles. The van der Waals surface area contributed by atoms with E-state index in [1.807, 2.05) is 13.8 Å². The molecule has 3 N–H and O–H groups in total. The highest BCUT2D eigenvalue weighted by Gasteiger charge is 2.43. The third-order valence-corrected chi connectivity index (χ3v) is 4.37. The molecule has 1 saturated carbocycles. The fourth-order valence-corrected chi connectivity index (χ4v) is 2.88. The lowest BCUT2D eigenvalue weighted by atomic mass is 9.76. The van der Waals surface area contributed by atoms with Crippen LogP contribution in [0.1, 0.15) is 52.4 Å². The number of aliphatic carboxylic acids is 1. The zero-order chi connectivity index (χ0) is 14.7. The van der Waals surface area contributed by atoms with Crippen molar-refractivity contribution in [2.75, 3.05) is 13.6 Å². The van der Waals surface area contributed by atoms with E-state index in [-0.39, 0.29) is 18.9 Å². The molecule has 1 amide bonds. The van der Waals surface area contributed by atoms with E-state index in [1.54, 1.807) is 11.9 Å². The van der Waals surface area contributed by atoms with Crippen LogP contribution in [0, 0.1) is 5.41 Å². The van der Waals surface area contributed by atoms with Crippen LogP contribution in [0.25, 0.3) is 0 Å². The van der Waals surface area contributed by atoms with Gasteiger partial charge in [-0.05, 0) is 26.7 Å². The van der Waals surface area contributed by atoms with Gasteiger partial charge in [-0.1, -0.05) is 19.3 Å². The third-order valence-electron chi connectivity index (χ3n) is 4.37. The molecule has 19 heavy (non-hydrogen) atoms. The lowest BCUT2D eigenvalue weighted by Crippen LogP contribution is -2.56. The Morgan fingerprint density at radius 1 is 1.26 bits per heavy atom. The highest BCUT2D eigenvalue weighted by molar-refractivity contribution is 5.83. The van der Waals surface area contributed by atoms with E-state index in [9.17, 15) is 9.59 Å². The molecule has 5 heteroatoms. The average molecular weight is 270 g/mol. The van der Waals surface area contributed by atoms with Gasteiger partial charge in [-0.2, -0.15) is 0 Å². The van der Waals surface area contributed by atoms with Crippen molar-refractivity contribution < 1.29 is 14.7 Å². The first kappa shape index (κ1) is 16.0. The van der Waals surface area contributed by atoms with Crippen LogP contribution in [0.2, 0.25) is 0 Å². The van der Waals surface area contributed by atoms with Gasteiger partial charge in [-0.3, -0.25) is 9.59 Å². The van der Waals surface area contributed by atoms with Gasteiger partial charge in [-0.25, -0.2) is 0 Å². The Hall–Kier alpha value is -1.10. The van der Waals surface area contributed by atoms with Gasteiger partial charge < -0.3 is 15.7 Å². The first-order chi connectivity index (χ1) is 8.75. The van der Waals surface area contributed by atoms with Crippen LogP contribution >= 0.6 is 0 Å². The molecule has 1 rings (SSSR count). The van der Waals surface area contributed by atoms with E-state index in [4.69, 9.17) is 10.8 Å². The van der Waals surface area contributed by atoms with Gasteiger partial charge in [0, 0.05) is 13.6 Å². The molecule has 0 unspecified atom stereocenters. The molecule has 0 saturated heterocycles. The highest BCUT2D eigenvalue weighted by atomic mass is 16.4. The second-order valence-electron chi connectivity index (χ2n) is 6.31. The molecule has 0 radical (unpaired) electrons. The van der Waals surface area contributed by atoms with Crippen molar-refractivity contribution in [2.45, 2.75) is 57.9 Å². The number of carboxylic acid groups (broad SMARTS) is 1. The van der Waals surface area contributed by atoms with Crippen molar-refractivity contribution in [1.29, 1.82) is 0 Å². The lowest BCUT2D eigenvalue weighted by molar-refractivity contribution is -0.151. The normalized spacial score (nSPS) is 18.9. The number of hydrogen-bond donors (Lipinski definition) is 2. The summed E-state index contributed by atoms with van der Waals surface area (Å²) < 4.78 is 0. The predicted molar refractivity (Wildman–Crippen MR) is 73.7 cm³/mol.